The van der Waals surface area contributed by atoms with Crippen LogP contribution in [0, 0.1) is 0 Å². The number of anilines is 1. The highest BCUT2D eigenvalue weighted by molar-refractivity contribution is 8.01. The molecule has 2 aromatic heterocycles. The van der Waals surface area contributed by atoms with Crippen LogP contribution in [-0.4, -0.2) is 32.4 Å². The smallest absolute Gasteiger partial charge is 0.392 e. The van der Waals surface area contributed by atoms with E-state index in [4.69, 9.17) is 14.9 Å². The lowest BCUT2D eigenvalue weighted by Crippen LogP contribution is -2.36. The maximum atomic E-state index is 12.6. The van der Waals surface area contributed by atoms with Crippen LogP contribution in [0.1, 0.15) is 65.0 Å². The van der Waals surface area contributed by atoms with E-state index in [0.717, 1.165) is 29.0 Å². The molecule has 0 saturated carbocycles. The van der Waals surface area contributed by atoms with Crippen LogP contribution in [0.4, 0.5) is 18.3 Å². The second-order valence-corrected chi connectivity index (χ2v) is 13.5. The number of halogens is 3. The number of ether oxygens (including phenoxy) is 1. The first-order valence-corrected chi connectivity index (χ1v) is 15.1. The van der Waals surface area contributed by atoms with Crippen molar-refractivity contribution in [3.63, 3.8) is 0 Å². The van der Waals surface area contributed by atoms with Crippen molar-refractivity contribution in [1.82, 2.24) is 9.88 Å². The van der Waals surface area contributed by atoms with Gasteiger partial charge in [0.2, 0.25) is 0 Å². The molecular formula is C31H40F3N3O3S2. The normalized spacial score (nSPS) is 12.6. The largest absolute Gasteiger partial charge is 0.468 e. The molecule has 6 nitrogen and oxygen atoms in total. The predicted octanol–water partition coefficient (Wildman–Crippen LogP) is 8.80. The number of rotatable bonds is 11. The molecule has 230 valence electrons. The minimum absolute atomic E-state index is 0.216. The molecule has 2 N–H and O–H groups in total. The van der Waals surface area contributed by atoms with E-state index in [0.29, 0.717) is 18.2 Å². The van der Waals surface area contributed by atoms with Gasteiger partial charge in [0.25, 0.3) is 0 Å². The maximum absolute atomic E-state index is 12.6. The fourth-order valence-corrected chi connectivity index (χ4v) is 5.01. The second kappa shape index (κ2) is 16.0. The molecule has 0 saturated heterocycles. The molecular weight excluding hydrogens is 583 g/mol. The highest BCUT2D eigenvalue weighted by Crippen LogP contribution is 2.35. The summed E-state index contributed by atoms with van der Waals surface area (Å²) in [4.78, 5) is 20.2. The number of allylic oxidation sites excluding steroid dienone is 4. The minimum atomic E-state index is -4.07. The van der Waals surface area contributed by atoms with Crippen molar-refractivity contribution in [1.29, 1.82) is 0 Å². The van der Waals surface area contributed by atoms with Gasteiger partial charge in [-0.25, -0.2) is 4.98 Å². The zero-order valence-corrected chi connectivity index (χ0v) is 26.5. The molecule has 0 bridgehead atoms. The zero-order chi connectivity index (χ0) is 31.4. The number of hydrogen-bond acceptors (Lipinski definition) is 8. The summed E-state index contributed by atoms with van der Waals surface area (Å²) in [5, 5.41) is 2.56. The summed E-state index contributed by atoms with van der Waals surface area (Å²) in [6, 6.07) is 12.2. The molecule has 0 aliphatic rings. The molecule has 0 radical (unpaired) electrons. The lowest BCUT2D eigenvalue weighted by atomic mass is 10.1. The number of aromatic nitrogens is 1. The summed E-state index contributed by atoms with van der Waals surface area (Å²) in [5.74, 6) is 0.686. The fraction of sp³-hybridized carbons (Fsp3) is 0.419. The van der Waals surface area contributed by atoms with Gasteiger partial charge in [0, 0.05) is 23.4 Å². The number of nitrogen functional groups attached to an aromatic ring is 1. The standard InChI is InChI=1S/C24H31N3O3S2.C7H9F3/c1-23(2,3)30-21(28)24(4,5)32-20-10-8-17(9-11-20)13-27(15-19-7-6-12-29-19)14-18-16-31-22(25)26-18;1-2-3-4-5-6-7(8,9)10/h6-12,16H,13-15H2,1-5H3,(H2,25,26);2-5H,6H2,1H3/b;3-2-,5-4-. The van der Waals surface area contributed by atoms with Gasteiger partial charge in [-0.2, -0.15) is 13.2 Å². The van der Waals surface area contributed by atoms with Crippen molar-refractivity contribution in [3.05, 3.63) is 89.4 Å². The Morgan fingerprint density at radius 2 is 1.76 bits per heavy atom. The number of esters is 1. The highest BCUT2D eigenvalue weighted by Gasteiger charge is 2.33. The summed E-state index contributed by atoms with van der Waals surface area (Å²) >= 11 is 2.96. The van der Waals surface area contributed by atoms with Crippen LogP contribution in [0.25, 0.3) is 0 Å². The van der Waals surface area contributed by atoms with Gasteiger partial charge in [0.1, 0.15) is 16.1 Å². The van der Waals surface area contributed by atoms with Crippen LogP contribution in [0.5, 0.6) is 0 Å². The molecule has 0 amide bonds. The van der Waals surface area contributed by atoms with Crippen molar-refractivity contribution >= 4 is 34.2 Å². The number of furan rings is 1. The van der Waals surface area contributed by atoms with Crippen LogP contribution in [0.15, 0.2) is 81.7 Å². The molecule has 3 aromatic rings. The molecule has 0 atom stereocenters. The van der Waals surface area contributed by atoms with Gasteiger partial charge in [-0.3, -0.25) is 9.69 Å². The number of hydrogen-bond donors (Lipinski definition) is 1. The van der Waals surface area contributed by atoms with Gasteiger partial charge in [0.05, 0.1) is 24.9 Å². The molecule has 3 rings (SSSR count). The summed E-state index contributed by atoms with van der Waals surface area (Å²) in [6.45, 7) is 13.3. The Labute approximate surface area is 254 Å². The highest BCUT2D eigenvalue weighted by atomic mass is 32.2. The van der Waals surface area contributed by atoms with Gasteiger partial charge in [-0.05, 0) is 71.4 Å². The van der Waals surface area contributed by atoms with Gasteiger partial charge in [-0.15, -0.1) is 23.1 Å². The molecule has 0 aliphatic carbocycles. The number of benzene rings is 1. The van der Waals surface area contributed by atoms with Crippen LogP contribution in [-0.2, 0) is 29.2 Å². The number of thioether (sulfide) groups is 1. The van der Waals surface area contributed by atoms with Gasteiger partial charge in [-0.1, -0.05) is 36.4 Å². The topological polar surface area (TPSA) is 81.6 Å². The SMILES string of the molecule is C/C=C\C=C/CC(F)(F)F.CC(C)(C)OC(=O)C(C)(C)Sc1ccc(CN(Cc2csc(N)n2)Cc2ccco2)cc1. The lowest BCUT2D eigenvalue weighted by molar-refractivity contribution is -0.156. The Bertz CT molecular complexity index is 1280. The second-order valence-electron chi connectivity index (χ2n) is 10.9. The van der Waals surface area contributed by atoms with E-state index in [9.17, 15) is 18.0 Å². The summed E-state index contributed by atoms with van der Waals surface area (Å²) in [7, 11) is 0. The Balaban J connectivity index is 0.000000528. The summed E-state index contributed by atoms with van der Waals surface area (Å²) in [5.41, 5.74) is 7.41. The quantitative estimate of drug-likeness (QED) is 0.130. The average Bonchev–Trinajstić information content (AvgIpc) is 3.53. The molecule has 0 aliphatic heterocycles. The first-order chi connectivity index (χ1) is 19.6. The van der Waals surface area contributed by atoms with Crippen molar-refractivity contribution in [2.75, 3.05) is 5.73 Å². The first-order valence-electron chi connectivity index (χ1n) is 13.4. The van der Waals surface area contributed by atoms with Crippen molar-refractivity contribution in [2.24, 2.45) is 0 Å². The monoisotopic (exact) mass is 623 g/mol. The maximum Gasteiger partial charge on any atom is 0.392 e. The van der Waals surface area contributed by atoms with Crippen LogP contribution in [0.2, 0.25) is 0 Å². The van der Waals surface area contributed by atoms with Crippen molar-refractivity contribution in [3.8, 4) is 0 Å². The van der Waals surface area contributed by atoms with Crippen molar-refractivity contribution < 1.29 is 27.1 Å². The van der Waals surface area contributed by atoms with Crippen LogP contribution in [0.3, 0.4) is 0 Å². The Morgan fingerprint density at radius 1 is 1.07 bits per heavy atom. The predicted molar refractivity (Wildman–Crippen MR) is 165 cm³/mol. The Morgan fingerprint density at radius 3 is 2.29 bits per heavy atom. The fourth-order valence-electron chi connectivity index (χ4n) is 3.46. The van der Waals surface area contributed by atoms with E-state index in [1.807, 2.05) is 52.1 Å². The number of nitrogens with zero attached hydrogens (tertiary/aromatic N) is 2. The number of thiazole rings is 1. The number of carbonyl (C=O) groups excluding carboxylic acids is 1. The van der Waals surface area contributed by atoms with E-state index in [1.54, 1.807) is 25.3 Å². The molecule has 0 unspecified atom stereocenters. The molecule has 42 heavy (non-hydrogen) atoms. The Kier molecular flexibility index (Phi) is 13.4. The Hall–Kier alpha value is -3.02. The zero-order valence-electron chi connectivity index (χ0n) is 24.9. The summed E-state index contributed by atoms with van der Waals surface area (Å²) in [6.07, 6.45) is 2.47. The van der Waals surface area contributed by atoms with Crippen molar-refractivity contribution in [2.45, 2.75) is 89.0 Å². The number of carbonyl (C=O) groups is 1. The van der Waals surface area contributed by atoms with E-state index < -0.39 is 22.9 Å². The van der Waals surface area contributed by atoms with E-state index in [1.165, 1.54) is 34.7 Å². The van der Waals surface area contributed by atoms with Gasteiger partial charge >= 0.3 is 12.1 Å². The first kappa shape index (κ1) is 35.2. The van der Waals surface area contributed by atoms with Crippen LogP contribution >= 0.6 is 23.1 Å². The molecule has 2 heterocycles. The number of alkyl halides is 3. The summed E-state index contributed by atoms with van der Waals surface area (Å²) < 4.78 is 44.7. The third-order valence-corrected chi connectivity index (χ3v) is 7.20. The number of nitrogens with two attached hydrogens (primary N) is 1. The van der Waals surface area contributed by atoms with Gasteiger partial charge in [0.15, 0.2) is 5.13 Å². The molecule has 0 spiro atoms. The van der Waals surface area contributed by atoms with Crippen LogP contribution < -0.4 is 5.73 Å². The van der Waals surface area contributed by atoms with Gasteiger partial charge < -0.3 is 14.9 Å². The van der Waals surface area contributed by atoms with E-state index in [-0.39, 0.29) is 5.97 Å². The third kappa shape index (κ3) is 14.2. The minimum Gasteiger partial charge on any atom is -0.468 e. The van der Waals surface area contributed by atoms with E-state index >= 15 is 0 Å². The lowest BCUT2D eigenvalue weighted by Gasteiger charge is -2.28. The molecule has 1 aromatic carbocycles. The molecule has 0 fully saturated rings. The average molecular weight is 624 g/mol. The van der Waals surface area contributed by atoms with E-state index in [2.05, 4.69) is 34.1 Å². The molecule has 11 heteroatoms. The third-order valence-electron chi connectivity index (χ3n) is 5.30.